The van der Waals surface area contributed by atoms with Gasteiger partial charge >= 0.3 is 0 Å². The Hall–Kier alpha value is -1.32. The SMILES string of the molecule is Cl.c1ccc(-c2nc3c(o2)CCNC3)cc1. The summed E-state index contributed by atoms with van der Waals surface area (Å²) >= 11 is 0. The fraction of sp³-hybridized carbons (Fsp3) is 0.250. The fourth-order valence-corrected chi connectivity index (χ4v) is 1.83. The van der Waals surface area contributed by atoms with E-state index in [4.69, 9.17) is 4.42 Å². The predicted octanol–water partition coefficient (Wildman–Crippen LogP) is 2.41. The summed E-state index contributed by atoms with van der Waals surface area (Å²) < 4.78 is 5.74. The summed E-state index contributed by atoms with van der Waals surface area (Å²) in [6.07, 6.45) is 0.940. The van der Waals surface area contributed by atoms with Crippen LogP contribution in [0.15, 0.2) is 34.7 Å². The highest BCUT2D eigenvalue weighted by atomic mass is 35.5. The lowest BCUT2D eigenvalue weighted by Gasteiger charge is -2.08. The Labute approximate surface area is 100 Å². The summed E-state index contributed by atoms with van der Waals surface area (Å²) in [4.78, 5) is 4.49. The van der Waals surface area contributed by atoms with Gasteiger partial charge in [-0.3, -0.25) is 0 Å². The van der Waals surface area contributed by atoms with E-state index in [2.05, 4.69) is 10.3 Å². The Morgan fingerprint density at radius 3 is 2.75 bits per heavy atom. The van der Waals surface area contributed by atoms with Crippen molar-refractivity contribution in [1.82, 2.24) is 10.3 Å². The molecule has 1 aromatic carbocycles. The Bertz CT molecular complexity index is 444. The molecule has 4 heteroatoms. The van der Waals surface area contributed by atoms with Crippen LogP contribution in [0.4, 0.5) is 0 Å². The molecule has 0 bridgehead atoms. The second-order valence-corrected chi connectivity index (χ2v) is 3.68. The molecule has 0 atom stereocenters. The normalized spacial score (nSPS) is 14.0. The summed E-state index contributed by atoms with van der Waals surface area (Å²) in [5, 5.41) is 3.28. The molecule has 0 saturated carbocycles. The van der Waals surface area contributed by atoms with Gasteiger partial charge in [0.25, 0.3) is 0 Å². The topological polar surface area (TPSA) is 38.1 Å². The maximum absolute atomic E-state index is 5.74. The number of oxazole rings is 1. The first-order valence-corrected chi connectivity index (χ1v) is 5.18. The first-order valence-electron chi connectivity index (χ1n) is 5.18. The first kappa shape index (κ1) is 11.2. The third kappa shape index (κ3) is 1.96. The van der Waals surface area contributed by atoms with Crippen molar-refractivity contribution < 1.29 is 4.42 Å². The molecular formula is C12H13ClN2O. The van der Waals surface area contributed by atoms with Crippen molar-refractivity contribution in [2.24, 2.45) is 0 Å². The number of hydrogen-bond donors (Lipinski definition) is 1. The number of benzene rings is 1. The van der Waals surface area contributed by atoms with Gasteiger partial charge < -0.3 is 9.73 Å². The molecule has 2 heterocycles. The summed E-state index contributed by atoms with van der Waals surface area (Å²) in [6.45, 7) is 1.81. The number of nitrogens with one attached hydrogen (secondary N) is 1. The molecular weight excluding hydrogens is 224 g/mol. The minimum Gasteiger partial charge on any atom is -0.441 e. The molecule has 1 N–H and O–H groups in total. The van der Waals surface area contributed by atoms with Crippen LogP contribution in [0.3, 0.4) is 0 Å². The molecule has 3 nitrogen and oxygen atoms in total. The third-order valence-corrected chi connectivity index (χ3v) is 2.62. The molecule has 3 rings (SSSR count). The largest absolute Gasteiger partial charge is 0.441 e. The highest BCUT2D eigenvalue weighted by molar-refractivity contribution is 5.85. The van der Waals surface area contributed by atoms with E-state index in [-0.39, 0.29) is 12.4 Å². The van der Waals surface area contributed by atoms with Crippen LogP contribution in [-0.4, -0.2) is 11.5 Å². The zero-order valence-electron chi connectivity index (χ0n) is 8.77. The van der Waals surface area contributed by atoms with Crippen LogP contribution in [0.5, 0.6) is 0 Å². The molecule has 1 aliphatic heterocycles. The molecule has 0 aliphatic carbocycles. The first-order chi connectivity index (χ1) is 7.43. The highest BCUT2D eigenvalue weighted by Gasteiger charge is 2.16. The second kappa shape index (κ2) is 4.68. The van der Waals surface area contributed by atoms with Crippen molar-refractivity contribution in [3.8, 4) is 11.5 Å². The Kier molecular flexibility index (Phi) is 3.27. The maximum Gasteiger partial charge on any atom is 0.226 e. The van der Waals surface area contributed by atoms with Gasteiger partial charge in [-0.1, -0.05) is 18.2 Å². The lowest BCUT2D eigenvalue weighted by atomic mass is 10.2. The van der Waals surface area contributed by atoms with E-state index in [9.17, 15) is 0 Å². The number of rotatable bonds is 1. The molecule has 0 fully saturated rings. The standard InChI is InChI=1S/C12H12N2O.ClH/c1-2-4-9(5-3-1)12-14-10-8-13-7-6-11(10)15-12;/h1-5,13H,6-8H2;1H. The lowest BCUT2D eigenvalue weighted by molar-refractivity contribution is 0.483. The summed E-state index contributed by atoms with van der Waals surface area (Å²) in [5.74, 6) is 1.77. The molecule has 1 aliphatic rings. The van der Waals surface area contributed by atoms with Gasteiger partial charge in [-0.05, 0) is 12.1 Å². The second-order valence-electron chi connectivity index (χ2n) is 3.68. The molecule has 0 spiro atoms. The molecule has 2 aromatic rings. The Morgan fingerprint density at radius 2 is 2.00 bits per heavy atom. The van der Waals surface area contributed by atoms with Gasteiger partial charge in [0.05, 0.1) is 5.69 Å². The molecule has 0 amide bonds. The van der Waals surface area contributed by atoms with E-state index in [1.54, 1.807) is 0 Å². The van der Waals surface area contributed by atoms with Crippen LogP contribution in [0.1, 0.15) is 11.5 Å². The van der Waals surface area contributed by atoms with Gasteiger partial charge in [0.1, 0.15) is 5.76 Å². The van der Waals surface area contributed by atoms with Crippen molar-refractivity contribution in [3.63, 3.8) is 0 Å². The number of hydrogen-bond acceptors (Lipinski definition) is 3. The van der Waals surface area contributed by atoms with Gasteiger partial charge in [-0.15, -0.1) is 12.4 Å². The zero-order chi connectivity index (χ0) is 10.1. The molecule has 16 heavy (non-hydrogen) atoms. The number of nitrogens with zero attached hydrogens (tertiary/aromatic N) is 1. The predicted molar refractivity (Wildman–Crippen MR) is 64.6 cm³/mol. The van der Waals surface area contributed by atoms with Crippen LogP contribution < -0.4 is 5.32 Å². The van der Waals surface area contributed by atoms with Gasteiger partial charge in [0.2, 0.25) is 5.89 Å². The Morgan fingerprint density at radius 1 is 1.19 bits per heavy atom. The van der Waals surface area contributed by atoms with Gasteiger partial charge in [-0.2, -0.15) is 0 Å². The number of halogens is 1. The van der Waals surface area contributed by atoms with Crippen molar-refractivity contribution in [2.75, 3.05) is 6.54 Å². The van der Waals surface area contributed by atoms with E-state index in [1.807, 2.05) is 30.3 Å². The van der Waals surface area contributed by atoms with Gasteiger partial charge in [-0.25, -0.2) is 4.98 Å². The minimum absolute atomic E-state index is 0. The summed E-state index contributed by atoms with van der Waals surface area (Å²) in [6, 6.07) is 10.0. The van der Waals surface area contributed by atoms with Gasteiger partial charge in [0.15, 0.2) is 0 Å². The molecule has 0 radical (unpaired) electrons. The number of aromatic nitrogens is 1. The molecule has 0 saturated heterocycles. The van der Waals surface area contributed by atoms with E-state index in [0.29, 0.717) is 0 Å². The van der Waals surface area contributed by atoms with Crippen molar-refractivity contribution in [1.29, 1.82) is 0 Å². The van der Waals surface area contributed by atoms with Crippen LogP contribution in [-0.2, 0) is 13.0 Å². The molecule has 84 valence electrons. The van der Waals surface area contributed by atoms with Crippen LogP contribution in [0, 0.1) is 0 Å². The van der Waals surface area contributed by atoms with Gasteiger partial charge in [0, 0.05) is 25.1 Å². The average Bonchev–Trinajstić information content (AvgIpc) is 2.74. The molecule has 0 unspecified atom stereocenters. The lowest BCUT2D eigenvalue weighted by Crippen LogP contribution is -2.22. The van der Waals surface area contributed by atoms with Crippen molar-refractivity contribution >= 4 is 12.4 Å². The van der Waals surface area contributed by atoms with E-state index in [0.717, 1.165) is 42.4 Å². The van der Waals surface area contributed by atoms with Crippen LogP contribution in [0.2, 0.25) is 0 Å². The smallest absolute Gasteiger partial charge is 0.226 e. The van der Waals surface area contributed by atoms with Crippen molar-refractivity contribution in [2.45, 2.75) is 13.0 Å². The average molecular weight is 237 g/mol. The van der Waals surface area contributed by atoms with E-state index >= 15 is 0 Å². The Balaban J connectivity index is 0.000000963. The third-order valence-electron chi connectivity index (χ3n) is 2.62. The maximum atomic E-state index is 5.74. The fourth-order valence-electron chi connectivity index (χ4n) is 1.83. The molecule has 1 aromatic heterocycles. The van der Waals surface area contributed by atoms with Crippen LogP contribution in [0.25, 0.3) is 11.5 Å². The minimum atomic E-state index is 0. The van der Waals surface area contributed by atoms with E-state index in [1.165, 1.54) is 0 Å². The van der Waals surface area contributed by atoms with Crippen molar-refractivity contribution in [3.05, 3.63) is 41.8 Å². The number of fused-ring (bicyclic) bond motifs is 1. The zero-order valence-corrected chi connectivity index (χ0v) is 9.59. The quantitative estimate of drug-likeness (QED) is 0.827. The highest BCUT2D eigenvalue weighted by Crippen LogP contribution is 2.23. The monoisotopic (exact) mass is 236 g/mol. The summed E-state index contributed by atoms with van der Waals surface area (Å²) in [5.41, 5.74) is 2.10. The van der Waals surface area contributed by atoms with E-state index < -0.39 is 0 Å². The summed E-state index contributed by atoms with van der Waals surface area (Å²) in [7, 11) is 0. The van der Waals surface area contributed by atoms with Crippen LogP contribution >= 0.6 is 12.4 Å².